The number of aromatic nitrogens is 1. The van der Waals surface area contributed by atoms with E-state index in [4.69, 9.17) is 4.74 Å². The molecule has 1 fully saturated rings. The van der Waals surface area contributed by atoms with Crippen LogP contribution in [0, 0.1) is 5.92 Å². The molecule has 1 aliphatic rings. The zero-order chi connectivity index (χ0) is 13.7. The normalized spacial score (nSPS) is 19.5. The average molecular weight is 282 g/mol. The van der Waals surface area contributed by atoms with Crippen molar-refractivity contribution in [3.63, 3.8) is 0 Å². The predicted molar refractivity (Wildman–Crippen MR) is 77.7 cm³/mol. The molecule has 1 aliphatic heterocycles. The van der Waals surface area contributed by atoms with Gasteiger partial charge in [0.05, 0.1) is 18.7 Å². The highest BCUT2D eigenvalue weighted by atomic mass is 32.1. The fourth-order valence-corrected chi connectivity index (χ4v) is 3.28. The molecule has 0 aliphatic carbocycles. The number of esters is 1. The van der Waals surface area contributed by atoms with Crippen LogP contribution in [-0.4, -0.2) is 30.6 Å². The molecule has 1 saturated heterocycles. The lowest BCUT2D eigenvalue weighted by Gasteiger charge is -2.30. The summed E-state index contributed by atoms with van der Waals surface area (Å²) >= 11 is 1.69. The highest BCUT2D eigenvalue weighted by Gasteiger charge is 2.19. The second-order valence-corrected chi connectivity index (χ2v) is 5.96. The zero-order valence-corrected chi connectivity index (χ0v) is 12.5. The first-order valence-electron chi connectivity index (χ1n) is 7.04. The van der Waals surface area contributed by atoms with Crippen molar-refractivity contribution in [2.75, 3.05) is 24.6 Å². The van der Waals surface area contributed by atoms with Crippen molar-refractivity contribution in [2.45, 2.75) is 39.5 Å². The minimum Gasteiger partial charge on any atom is -0.466 e. The Morgan fingerprint density at radius 3 is 3.21 bits per heavy atom. The van der Waals surface area contributed by atoms with E-state index in [9.17, 15) is 4.79 Å². The Morgan fingerprint density at radius 2 is 2.47 bits per heavy atom. The number of rotatable bonds is 5. The number of aryl methyl sites for hydroxylation is 1. The lowest BCUT2D eigenvalue weighted by molar-refractivity contribution is -0.143. The van der Waals surface area contributed by atoms with Crippen molar-refractivity contribution < 1.29 is 9.53 Å². The van der Waals surface area contributed by atoms with Crippen molar-refractivity contribution >= 4 is 22.4 Å². The quantitative estimate of drug-likeness (QED) is 0.779. The van der Waals surface area contributed by atoms with E-state index >= 15 is 0 Å². The van der Waals surface area contributed by atoms with Crippen LogP contribution in [0.2, 0.25) is 0 Å². The maximum Gasteiger partial charge on any atom is 0.306 e. The van der Waals surface area contributed by atoms with Gasteiger partial charge in [-0.15, -0.1) is 11.3 Å². The SMILES string of the molecule is CCOC(=O)CCc1csc(N2CCCC(C)C2)n1. The first-order valence-corrected chi connectivity index (χ1v) is 7.92. The van der Waals surface area contributed by atoms with Gasteiger partial charge in [-0.3, -0.25) is 4.79 Å². The molecule has 1 aromatic heterocycles. The van der Waals surface area contributed by atoms with E-state index in [0.717, 1.165) is 29.8 Å². The van der Waals surface area contributed by atoms with E-state index in [1.807, 2.05) is 6.92 Å². The average Bonchev–Trinajstić information content (AvgIpc) is 2.85. The molecule has 0 saturated carbocycles. The maximum absolute atomic E-state index is 11.3. The summed E-state index contributed by atoms with van der Waals surface area (Å²) in [6.45, 7) is 6.78. The fourth-order valence-electron chi connectivity index (χ4n) is 2.38. The molecule has 0 spiro atoms. The van der Waals surface area contributed by atoms with Crippen LogP contribution in [0.1, 0.15) is 38.8 Å². The summed E-state index contributed by atoms with van der Waals surface area (Å²) in [5.74, 6) is 0.615. The third kappa shape index (κ3) is 4.20. The van der Waals surface area contributed by atoms with E-state index in [1.54, 1.807) is 11.3 Å². The van der Waals surface area contributed by atoms with Gasteiger partial charge in [0.25, 0.3) is 0 Å². The summed E-state index contributed by atoms with van der Waals surface area (Å²) in [7, 11) is 0. The number of carbonyl (C=O) groups is 1. The molecule has 0 aromatic carbocycles. The van der Waals surface area contributed by atoms with Gasteiger partial charge in [0.1, 0.15) is 0 Å². The molecule has 1 unspecified atom stereocenters. The molecule has 0 amide bonds. The fraction of sp³-hybridized carbons (Fsp3) is 0.714. The summed E-state index contributed by atoms with van der Waals surface area (Å²) in [6.07, 6.45) is 3.67. The smallest absolute Gasteiger partial charge is 0.306 e. The molecule has 19 heavy (non-hydrogen) atoms. The van der Waals surface area contributed by atoms with Gasteiger partial charge in [-0.1, -0.05) is 6.92 Å². The largest absolute Gasteiger partial charge is 0.466 e. The van der Waals surface area contributed by atoms with E-state index in [1.165, 1.54) is 12.8 Å². The number of hydrogen-bond donors (Lipinski definition) is 0. The summed E-state index contributed by atoms with van der Waals surface area (Å²) in [4.78, 5) is 18.3. The van der Waals surface area contributed by atoms with Gasteiger partial charge in [-0.2, -0.15) is 0 Å². The van der Waals surface area contributed by atoms with Crippen LogP contribution >= 0.6 is 11.3 Å². The summed E-state index contributed by atoms with van der Waals surface area (Å²) in [5.41, 5.74) is 1.01. The first kappa shape index (κ1) is 14.3. The highest BCUT2D eigenvalue weighted by Crippen LogP contribution is 2.26. The Balaban J connectivity index is 1.86. The third-order valence-corrected chi connectivity index (χ3v) is 4.31. The molecule has 5 heteroatoms. The predicted octanol–water partition coefficient (Wildman–Crippen LogP) is 2.88. The highest BCUT2D eigenvalue weighted by molar-refractivity contribution is 7.13. The second kappa shape index (κ2) is 6.89. The summed E-state index contributed by atoms with van der Waals surface area (Å²) in [6, 6.07) is 0. The topological polar surface area (TPSA) is 42.4 Å². The van der Waals surface area contributed by atoms with Gasteiger partial charge in [-0.05, 0) is 25.7 Å². The number of thiazole rings is 1. The monoisotopic (exact) mass is 282 g/mol. The van der Waals surface area contributed by atoms with Crippen molar-refractivity contribution in [1.29, 1.82) is 0 Å². The Morgan fingerprint density at radius 1 is 1.63 bits per heavy atom. The van der Waals surface area contributed by atoms with E-state index in [2.05, 4.69) is 22.2 Å². The van der Waals surface area contributed by atoms with E-state index < -0.39 is 0 Å². The van der Waals surface area contributed by atoms with Gasteiger partial charge in [-0.25, -0.2) is 4.98 Å². The molecule has 0 radical (unpaired) electrons. The van der Waals surface area contributed by atoms with Crippen LogP contribution in [0.25, 0.3) is 0 Å². The van der Waals surface area contributed by atoms with Crippen LogP contribution in [0.15, 0.2) is 5.38 Å². The molecular formula is C14H22N2O2S. The van der Waals surface area contributed by atoms with Crippen LogP contribution in [-0.2, 0) is 16.0 Å². The van der Waals surface area contributed by atoms with Gasteiger partial charge < -0.3 is 9.64 Å². The third-order valence-electron chi connectivity index (χ3n) is 3.36. The molecule has 2 heterocycles. The number of anilines is 1. The van der Waals surface area contributed by atoms with Crippen molar-refractivity contribution in [3.8, 4) is 0 Å². The minimum atomic E-state index is -0.136. The zero-order valence-electron chi connectivity index (χ0n) is 11.7. The number of piperidine rings is 1. The van der Waals surface area contributed by atoms with Crippen LogP contribution < -0.4 is 4.90 Å². The van der Waals surface area contributed by atoms with Crippen LogP contribution in [0.5, 0.6) is 0 Å². The minimum absolute atomic E-state index is 0.136. The Hall–Kier alpha value is -1.10. The molecule has 2 rings (SSSR count). The van der Waals surface area contributed by atoms with Gasteiger partial charge in [0, 0.05) is 24.9 Å². The molecule has 0 bridgehead atoms. The molecule has 1 aromatic rings. The maximum atomic E-state index is 11.3. The second-order valence-electron chi connectivity index (χ2n) is 5.12. The summed E-state index contributed by atoms with van der Waals surface area (Å²) in [5, 5.41) is 3.17. The number of hydrogen-bond acceptors (Lipinski definition) is 5. The van der Waals surface area contributed by atoms with Crippen molar-refractivity contribution in [2.24, 2.45) is 5.92 Å². The standard InChI is InChI=1S/C14H22N2O2S/c1-3-18-13(17)7-6-12-10-19-14(15-12)16-8-4-5-11(2)9-16/h10-11H,3-9H2,1-2H3. The molecule has 4 nitrogen and oxygen atoms in total. The molecule has 0 N–H and O–H groups in total. The van der Waals surface area contributed by atoms with E-state index in [-0.39, 0.29) is 5.97 Å². The number of ether oxygens (including phenoxy) is 1. The Kier molecular flexibility index (Phi) is 5.19. The number of nitrogens with zero attached hydrogens (tertiary/aromatic N) is 2. The van der Waals surface area contributed by atoms with Gasteiger partial charge in [0.15, 0.2) is 5.13 Å². The molecular weight excluding hydrogens is 260 g/mol. The van der Waals surface area contributed by atoms with Crippen LogP contribution in [0.4, 0.5) is 5.13 Å². The Labute approximate surface area is 118 Å². The summed E-state index contributed by atoms with van der Waals surface area (Å²) < 4.78 is 4.93. The Bertz CT molecular complexity index is 419. The molecule has 1 atom stereocenters. The molecule has 106 valence electrons. The van der Waals surface area contributed by atoms with Crippen LogP contribution in [0.3, 0.4) is 0 Å². The van der Waals surface area contributed by atoms with Crippen molar-refractivity contribution in [1.82, 2.24) is 4.98 Å². The number of carbonyl (C=O) groups excluding carboxylic acids is 1. The van der Waals surface area contributed by atoms with Gasteiger partial charge >= 0.3 is 5.97 Å². The van der Waals surface area contributed by atoms with Gasteiger partial charge in [0.2, 0.25) is 0 Å². The van der Waals surface area contributed by atoms with Crippen molar-refractivity contribution in [3.05, 3.63) is 11.1 Å². The van der Waals surface area contributed by atoms with E-state index in [0.29, 0.717) is 19.4 Å². The first-order chi connectivity index (χ1) is 9.19. The lowest BCUT2D eigenvalue weighted by Crippen LogP contribution is -2.34. The lowest BCUT2D eigenvalue weighted by atomic mass is 10.0.